The monoisotopic (exact) mass is 228 g/mol. The van der Waals surface area contributed by atoms with Crippen LogP contribution in [0.3, 0.4) is 0 Å². The van der Waals surface area contributed by atoms with Gasteiger partial charge in [0.05, 0.1) is 6.61 Å². The Morgan fingerprint density at radius 1 is 1.47 bits per heavy atom. The zero-order valence-electron chi connectivity index (χ0n) is 10.2. The molecule has 0 aromatic rings. The third kappa shape index (κ3) is 3.17. The fourth-order valence-corrected chi connectivity index (χ4v) is 2.02. The maximum atomic E-state index is 10.8. The molecule has 1 aliphatic heterocycles. The summed E-state index contributed by atoms with van der Waals surface area (Å²) in [6.45, 7) is 11.4. The molecule has 15 heavy (non-hydrogen) atoms. The number of ether oxygens (including phenoxy) is 1. The van der Waals surface area contributed by atoms with Crippen LogP contribution >= 0.6 is 0 Å². The smallest absolute Gasteiger partial charge is 0.331 e. The normalized spacial score (nSPS) is 21.9. The number of rotatable bonds is 3. The van der Waals surface area contributed by atoms with Crippen molar-refractivity contribution in [2.24, 2.45) is 0 Å². The third-order valence-electron chi connectivity index (χ3n) is 3.13. The predicted molar refractivity (Wildman–Crippen MR) is 62.2 cm³/mol. The molecule has 0 fully saturated rings. The van der Waals surface area contributed by atoms with Gasteiger partial charge in [-0.15, -0.1) is 0 Å². The van der Waals surface area contributed by atoms with Crippen LogP contribution in [0.5, 0.6) is 0 Å². The van der Waals surface area contributed by atoms with Crippen LogP contribution in [0.25, 0.3) is 0 Å². The lowest BCUT2D eigenvalue weighted by molar-refractivity contribution is -0.139. The zero-order chi connectivity index (χ0) is 11.7. The number of carbonyl (C=O) groups excluding carboxylic acids is 1. The first kappa shape index (κ1) is 12.5. The predicted octanol–water partition coefficient (Wildman–Crippen LogP) is 2.49. The molecule has 0 aliphatic carbocycles. The van der Waals surface area contributed by atoms with Gasteiger partial charge in [-0.3, -0.25) is 0 Å². The highest BCUT2D eigenvalue weighted by atomic mass is 28.4. The van der Waals surface area contributed by atoms with E-state index in [9.17, 15) is 4.79 Å². The Hall–Kier alpha value is -0.613. The highest BCUT2D eigenvalue weighted by molar-refractivity contribution is 6.74. The Bertz CT molecular complexity index is 276. The quantitative estimate of drug-likeness (QED) is 0.550. The summed E-state index contributed by atoms with van der Waals surface area (Å²) in [6, 6.07) is 0. The molecular weight excluding hydrogens is 208 g/mol. The van der Waals surface area contributed by atoms with Gasteiger partial charge in [-0.05, 0) is 24.2 Å². The molecule has 0 spiro atoms. The van der Waals surface area contributed by atoms with Crippen LogP contribution in [0.4, 0.5) is 0 Å². The van der Waals surface area contributed by atoms with Crippen molar-refractivity contribution in [2.45, 2.75) is 45.0 Å². The summed E-state index contributed by atoms with van der Waals surface area (Å²) in [6.07, 6.45) is 3.03. The van der Waals surface area contributed by atoms with Gasteiger partial charge in [-0.25, -0.2) is 4.79 Å². The van der Waals surface area contributed by atoms with E-state index in [0.717, 1.165) is 0 Å². The molecule has 3 nitrogen and oxygen atoms in total. The lowest BCUT2D eigenvalue weighted by Crippen LogP contribution is -2.42. The lowest BCUT2D eigenvalue weighted by Gasteiger charge is -2.36. The van der Waals surface area contributed by atoms with Crippen molar-refractivity contribution in [1.29, 1.82) is 0 Å². The average molecular weight is 228 g/mol. The first-order valence-electron chi connectivity index (χ1n) is 5.25. The van der Waals surface area contributed by atoms with Gasteiger partial charge in [0.2, 0.25) is 0 Å². The average Bonchev–Trinajstić information content (AvgIpc) is 2.46. The number of carbonyl (C=O) groups is 1. The molecule has 0 radical (unpaired) electrons. The minimum Gasteiger partial charge on any atom is -0.453 e. The Kier molecular flexibility index (Phi) is 3.40. The Morgan fingerprint density at radius 2 is 2.07 bits per heavy atom. The molecule has 1 unspecified atom stereocenters. The van der Waals surface area contributed by atoms with Crippen molar-refractivity contribution >= 4 is 14.3 Å². The van der Waals surface area contributed by atoms with E-state index < -0.39 is 8.32 Å². The molecule has 1 aliphatic rings. The van der Waals surface area contributed by atoms with Gasteiger partial charge < -0.3 is 9.16 Å². The maximum absolute atomic E-state index is 10.8. The van der Waals surface area contributed by atoms with Gasteiger partial charge in [0.1, 0.15) is 6.10 Å². The minimum atomic E-state index is -1.72. The molecule has 0 aromatic carbocycles. The summed E-state index contributed by atoms with van der Waals surface area (Å²) in [5.41, 5.74) is 0. The summed E-state index contributed by atoms with van der Waals surface area (Å²) in [7, 11) is -1.72. The van der Waals surface area contributed by atoms with Crippen LogP contribution in [-0.4, -0.2) is 27.0 Å². The van der Waals surface area contributed by atoms with Gasteiger partial charge in [0.15, 0.2) is 8.32 Å². The molecule has 4 heteroatoms. The Morgan fingerprint density at radius 3 is 2.47 bits per heavy atom. The standard InChI is InChI=1S/C11H20O3Si/c1-11(2,3)15(4,5)13-8-9-6-7-10(12)14-9/h6-7,9H,8H2,1-5H3. The van der Waals surface area contributed by atoms with Crippen LogP contribution in [-0.2, 0) is 14.0 Å². The molecule has 0 amide bonds. The van der Waals surface area contributed by atoms with Crippen LogP contribution in [0.1, 0.15) is 20.8 Å². The van der Waals surface area contributed by atoms with E-state index in [2.05, 4.69) is 33.9 Å². The van der Waals surface area contributed by atoms with Gasteiger partial charge in [0, 0.05) is 6.08 Å². The van der Waals surface area contributed by atoms with E-state index in [1.807, 2.05) is 0 Å². The molecule has 0 aromatic heterocycles. The van der Waals surface area contributed by atoms with Crippen molar-refractivity contribution in [3.63, 3.8) is 0 Å². The SMILES string of the molecule is CC(C)(C)[Si](C)(C)OCC1C=CC(=O)O1. The second-order valence-electron chi connectivity index (χ2n) is 5.41. The number of hydrogen-bond donors (Lipinski definition) is 0. The zero-order valence-corrected chi connectivity index (χ0v) is 11.2. The maximum Gasteiger partial charge on any atom is 0.331 e. The van der Waals surface area contributed by atoms with E-state index in [4.69, 9.17) is 9.16 Å². The van der Waals surface area contributed by atoms with Gasteiger partial charge >= 0.3 is 5.97 Å². The summed E-state index contributed by atoms with van der Waals surface area (Å²) in [5.74, 6) is -0.265. The number of cyclic esters (lactones) is 1. The summed E-state index contributed by atoms with van der Waals surface area (Å²) >= 11 is 0. The van der Waals surface area contributed by atoms with Crippen molar-refractivity contribution in [2.75, 3.05) is 6.61 Å². The molecule has 0 saturated carbocycles. The number of hydrogen-bond acceptors (Lipinski definition) is 3. The number of esters is 1. The van der Waals surface area contributed by atoms with Crippen molar-refractivity contribution in [3.8, 4) is 0 Å². The van der Waals surface area contributed by atoms with Crippen molar-refractivity contribution in [3.05, 3.63) is 12.2 Å². The largest absolute Gasteiger partial charge is 0.453 e. The van der Waals surface area contributed by atoms with Gasteiger partial charge in [0.25, 0.3) is 0 Å². The van der Waals surface area contributed by atoms with E-state index in [-0.39, 0.29) is 17.1 Å². The Labute approximate surface area is 92.6 Å². The molecular formula is C11H20O3Si. The van der Waals surface area contributed by atoms with Crippen LogP contribution in [0.2, 0.25) is 18.1 Å². The third-order valence-corrected chi connectivity index (χ3v) is 7.63. The van der Waals surface area contributed by atoms with Crippen LogP contribution in [0.15, 0.2) is 12.2 Å². The van der Waals surface area contributed by atoms with E-state index in [0.29, 0.717) is 6.61 Å². The second kappa shape index (κ2) is 4.10. The van der Waals surface area contributed by atoms with E-state index in [1.165, 1.54) is 6.08 Å². The van der Waals surface area contributed by atoms with Crippen molar-refractivity contribution < 1.29 is 14.0 Å². The summed E-state index contributed by atoms with van der Waals surface area (Å²) < 4.78 is 11.0. The molecule has 1 rings (SSSR count). The first-order valence-corrected chi connectivity index (χ1v) is 8.16. The first-order chi connectivity index (χ1) is 6.72. The molecule has 1 atom stereocenters. The molecule has 0 N–H and O–H groups in total. The fraction of sp³-hybridized carbons (Fsp3) is 0.727. The second-order valence-corrected chi connectivity index (χ2v) is 10.2. The lowest BCUT2D eigenvalue weighted by atomic mass is 10.2. The van der Waals surface area contributed by atoms with Gasteiger partial charge in [-0.2, -0.15) is 0 Å². The minimum absolute atomic E-state index is 0.188. The fourth-order valence-electron chi connectivity index (χ4n) is 1.01. The van der Waals surface area contributed by atoms with Gasteiger partial charge in [-0.1, -0.05) is 20.8 Å². The highest BCUT2D eigenvalue weighted by Crippen LogP contribution is 2.36. The molecule has 86 valence electrons. The van der Waals surface area contributed by atoms with Crippen LogP contribution in [0, 0.1) is 0 Å². The topological polar surface area (TPSA) is 35.5 Å². The highest BCUT2D eigenvalue weighted by Gasteiger charge is 2.37. The van der Waals surface area contributed by atoms with E-state index >= 15 is 0 Å². The molecule has 1 heterocycles. The Balaban J connectivity index is 2.44. The van der Waals surface area contributed by atoms with Crippen molar-refractivity contribution in [1.82, 2.24) is 0 Å². The molecule has 0 saturated heterocycles. The van der Waals surface area contributed by atoms with Crippen LogP contribution < -0.4 is 0 Å². The molecule has 0 bridgehead atoms. The summed E-state index contributed by atoms with van der Waals surface area (Å²) in [5, 5.41) is 0.194. The summed E-state index contributed by atoms with van der Waals surface area (Å²) in [4.78, 5) is 10.8. The van der Waals surface area contributed by atoms with E-state index in [1.54, 1.807) is 6.08 Å².